The number of hydrogen-bond donors (Lipinski definition) is 0. The molecule has 0 heterocycles. The molecule has 0 aromatic heterocycles. The lowest BCUT2D eigenvalue weighted by Crippen LogP contribution is -2.12. The maximum atomic E-state index is 2.30. The van der Waals surface area contributed by atoms with E-state index in [4.69, 9.17) is 0 Å². The van der Waals surface area contributed by atoms with E-state index in [0.717, 1.165) is 0 Å². The van der Waals surface area contributed by atoms with E-state index in [0.29, 0.717) is 5.41 Å². The summed E-state index contributed by atoms with van der Waals surface area (Å²) in [5, 5.41) is 0. The van der Waals surface area contributed by atoms with Gasteiger partial charge in [0, 0.05) is 0 Å². The molecule has 0 aromatic rings. The predicted molar refractivity (Wildman–Crippen MR) is 45.6 cm³/mol. The summed E-state index contributed by atoms with van der Waals surface area (Å²) in [5.74, 6) is 0. The first kappa shape index (κ1) is 7.59. The Morgan fingerprint density at radius 1 is 1.50 bits per heavy atom. The molecule has 0 saturated heterocycles. The quantitative estimate of drug-likeness (QED) is 0.545. The fourth-order valence-electron chi connectivity index (χ4n) is 1.39. The monoisotopic (exact) mass is 135 g/mol. The van der Waals surface area contributed by atoms with E-state index >= 15 is 0 Å². The third-order valence-corrected chi connectivity index (χ3v) is 2.00. The summed E-state index contributed by atoms with van der Waals surface area (Å²) < 4.78 is 0. The van der Waals surface area contributed by atoms with Crippen molar-refractivity contribution in [2.45, 2.75) is 26.7 Å². The van der Waals surface area contributed by atoms with Crippen LogP contribution in [0, 0.1) is 11.8 Å². The normalized spacial score (nSPS) is 31.0. The fourth-order valence-corrected chi connectivity index (χ4v) is 1.39. The number of rotatable bonds is 2. The molecule has 1 atom stereocenters. The van der Waals surface area contributed by atoms with Gasteiger partial charge in [0.25, 0.3) is 0 Å². The van der Waals surface area contributed by atoms with Crippen LogP contribution in [0.2, 0.25) is 0 Å². The summed E-state index contributed by atoms with van der Waals surface area (Å²) in [6, 6.07) is 0. The van der Waals surface area contributed by atoms with Crippen molar-refractivity contribution in [3.05, 3.63) is 30.7 Å². The summed E-state index contributed by atoms with van der Waals surface area (Å²) >= 11 is 0. The summed E-state index contributed by atoms with van der Waals surface area (Å²) in [4.78, 5) is 0. The van der Waals surface area contributed by atoms with Gasteiger partial charge in [0.05, 0.1) is 0 Å². The molecule has 0 amide bonds. The Morgan fingerprint density at radius 2 is 2.30 bits per heavy atom. The van der Waals surface area contributed by atoms with Gasteiger partial charge in [-0.05, 0) is 24.7 Å². The first-order valence-electron chi connectivity index (χ1n) is 3.89. The van der Waals surface area contributed by atoms with Gasteiger partial charge in [0.15, 0.2) is 0 Å². The zero-order valence-corrected chi connectivity index (χ0v) is 6.80. The average molecular weight is 135 g/mol. The zero-order chi connectivity index (χ0) is 7.45. The Morgan fingerprint density at radius 3 is 2.80 bits per heavy atom. The van der Waals surface area contributed by atoms with Crippen molar-refractivity contribution in [3.63, 3.8) is 0 Å². The van der Waals surface area contributed by atoms with Crippen LogP contribution in [0.5, 0.6) is 0 Å². The Labute approximate surface area is 63.6 Å². The molecule has 10 heavy (non-hydrogen) atoms. The SMILES string of the molecule is C[CH]CC1(C)C=CC=CC1. The second kappa shape index (κ2) is 3.05. The Hall–Kier alpha value is -0.520. The highest BCUT2D eigenvalue weighted by Crippen LogP contribution is 2.31. The highest BCUT2D eigenvalue weighted by Gasteiger charge is 2.18. The molecule has 0 saturated carbocycles. The maximum absolute atomic E-state index is 2.30. The van der Waals surface area contributed by atoms with Crippen LogP contribution in [0.15, 0.2) is 24.3 Å². The van der Waals surface area contributed by atoms with Gasteiger partial charge in [-0.25, -0.2) is 0 Å². The van der Waals surface area contributed by atoms with Gasteiger partial charge in [-0.15, -0.1) is 0 Å². The molecule has 0 N–H and O–H groups in total. The van der Waals surface area contributed by atoms with E-state index in [-0.39, 0.29) is 0 Å². The minimum Gasteiger partial charge on any atom is -0.0837 e. The molecular formula is C10H15. The summed E-state index contributed by atoms with van der Waals surface area (Å²) in [6.07, 6.45) is 13.4. The van der Waals surface area contributed by atoms with Crippen molar-refractivity contribution >= 4 is 0 Å². The minimum absolute atomic E-state index is 0.406. The molecule has 0 aliphatic heterocycles. The largest absolute Gasteiger partial charge is 0.0837 e. The highest BCUT2D eigenvalue weighted by atomic mass is 14.2. The standard InChI is InChI=1S/C10H15/c1-3-7-10(2)8-5-4-6-9-10/h3-6,8H,7,9H2,1-2H3. The Bertz CT molecular complexity index is 153. The molecule has 0 nitrogen and oxygen atoms in total. The molecule has 1 aliphatic carbocycles. The van der Waals surface area contributed by atoms with Gasteiger partial charge in [0.1, 0.15) is 0 Å². The molecule has 1 rings (SSSR count). The van der Waals surface area contributed by atoms with Gasteiger partial charge in [-0.2, -0.15) is 0 Å². The van der Waals surface area contributed by atoms with Crippen LogP contribution in [0.3, 0.4) is 0 Å². The van der Waals surface area contributed by atoms with Gasteiger partial charge < -0.3 is 0 Å². The minimum atomic E-state index is 0.406. The predicted octanol–water partition coefficient (Wildman–Crippen LogP) is 3.12. The summed E-state index contributed by atoms with van der Waals surface area (Å²) in [6.45, 7) is 4.42. The van der Waals surface area contributed by atoms with Crippen molar-refractivity contribution in [2.24, 2.45) is 5.41 Å². The lowest BCUT2D eigenvalue weighted by Gasteiger charge is -2.25. The molecule has 0 bridgehead atoms. The highest BCUT2D eigenvalue weighted by molar-refractivity contribution is 5.15. The molecule has 0 fully saturated rings. The topological polar surface area (TPSA) is 0 Å². The van der Waals surface area contributed by atoms with E-state index in [1.807, 2.05) is 0 Å². The van der Waals surface area contributed by atoms with Gasteiger partial charge in [0.2, 0.25) is 0 Å². The summed E-state index contributed by atoms with van der Waals surface area (Å²) in [7, 11) is 0. The van der Waals surface area contributed by atoms with Crippen LogP contribution in [0.1, 0.15) is 26.7 Å². The van der Waals surface area contributed by atoms with Gasteiger partial charge >= 0.3 is 0 Å². The molecule has 0 aromatic carbocycles. The zero-order valence-electron chi connectivity index (χ0n) is 6.80. The summed E-state index contributed by atoms with van der Waals surface area (Å²) in [5.41, 5.74) is 0.406. The first-order chi connectivity index (χ1) is 4.77. The van der Waals surface area contributed by atoms with E-state index in [2.05, 4.69) is 44.6 Å². The van der Waals surface area contributed by atoms with Crippen LogP contribution >= 0.6 is 0 Å². The van der Waals surface area contributed by atoms with Crippen LogP contribution in [-0.4, -0.2) is 0 Å². The average Bonchev–Trinajstić information content (AvgIpc) is 1.89. The molecular weight excluding hydrogens is 120 g/mol. The van der Waals surface area contributed by atoms with E-state index in [9.17, 15) is 0 Å². The second-order valence-corrected chi connectivity index (χ2v) is 3.26. The molecule has 1 unspecified atom stereocenters. The van der Waals surface area contributed by atoms with Gasteiger partial charge in [-0.1, -0.05) is 38.2 Å². The van der Waals surface area contributed by atoms with E-state index < -0.39 is 0 Å². The smallest absolute Gasteiger partial charge is 0.0106 e. The lowest BCUT2D eigenvalue weighted by molar-refractivity contribution is 0.423. The van der Waals surface area contributed by atoms with Gasteiger partial charge in [-0.3, -0.25) is 0 Å². The maximum Gasteiger partial charge on any atom is -0.0106 e. The molecule has 0 spiro atoms. The van der Waals surface area contributed by atoms with Crippen LogP contribution in [0.25, 0.3) is 0 Å². The van der Waals surface area contributed by atoms with Crippen molar-refractivity contribution in [1.82, 2.24) is 0 Å². The lowest BCUT2D eigenvalue weighted by atomic mass is 9.80. The second-order valence-electron chi connectivity index (χ2n) is 3.26. The van der Waals surface area contributed by atoms with Crippen molar-refractivity contribution in [2.75, 3.05) is 0 Å². The Balaban J connectivity index is 2.52. The number of allylic oxidation sites excluding steroid dienone is 4. The van der Waals surface area contributed by atoms with E-state index in [1.165, 1.54) is 12.8 Å². The third-order valence-electron chi connectivity index (χ3n) is 2.00. The van der Waals surface area contributed by atoms with Crippen molar-refractivity contribution < 1.29 is 0 Å². The molecule has 0 heteroatoms. The molecule has 1 radical (unpaired) electrons. The van der Waals surface area contributed by atoms with Crippen LogP contribution in [0.4, 0.5) is 0 Å². The fraction of sp³-hybridized carbons (Fsp3) is 0.500. The number of hydrogen-bond acceptors (Lipinski definition) is 0. The van der Waals surface area contributed by atoms with E-state index in [1.54, 1.807) is 0 Å². The van der Waals surface area contributed by atoms with Crippen molar-refractivity contribution in [3.8, 4) is 0 Å². The van der Waals surface area contributed by atoms with Crippen LogP contribution in [-0.2, 0) is 0 Å². The molecule has 55 valence electrons. The first-order valence-corrected chi connectivity index (χ1v) is 3.89. The Kier molecular flexibility index (Phi) is 2.31. The third kappa shape index (κ3) is 1.73. The van der Waals surface area contributed by atoms with Crippen LogP contribution < -0.4 is 0 Å². The van der Waals surface area contributed by atoms with Crippen molar-refractivity contribution in [1.29, 1.82) is 0 Å². The molecule has 1 aliphatic rings.